The van der Waals surface area contributed by atoms with Crippen molar-refractivity contribution in [2.45, 2.75) is 31.9 Å². The van der Waals surface area contributed by atoms with Crippen LogP contribution in [0.15, 0.2) is 36.7 Å². The predicted molar refractivity (Wildman–Crippen MR) is 80.9 cm³/mol. The lowest BCUT2D eigenvalue weighted by Crippen LogP contribution is -2.38. The maximum absolute atomic E-state index is 10.6. The number of aliphatic hydroxyl groups is 1. The summed E-state index contributed by atoms with van der Waals surface area (Å²) in [6.07, 6.45) is 5.26. The predicted octanol–water partition coefficient (Wildman–Crippen LogP) is 1.27. The van der Waals surface area contributed by atoms with Gasteiger partial charge in [0.25, 0.3) is 0 Å². The molecule has 0 radical (unpaired) electrons. The molecule has 1 saturated heterocycles. The lowest BCUT2D eigenvalue weighted by Gasteiger charge is -2.23. The quantitative estimate of drug-likeness (QED) is 0.899. The molecule has 0 spiro atoms. The van der Waals surface area contributed by atoms with Crippen LogP contribution in [-0.4, -0.2) is 50.2 Å². The fraction of sp³-hybridized carbons (Fsp3) is 0.500. The van der Waals surface area contributed by atoms with Crippen LogP contribution in [0.4, 0.5) is 0 Å². The number of aromatic nitrogens is 3. The number of benzene rings is 1. The molecule has 0 amide bonds. The standard InChI is InChI=1S/C16H22N4O/c1-14-2-4-15(5-3-14)6-9-19-10-7-16(21,12-19)13-20-11-8-17-18-20/h2-5,8,11,21H,6-7,9-10,12-13H2,1H3. The highest BCUT2D eigenvalue weighted by atomic mass is 16.3. The number of β-amino-alcohol motifs (C(OH)–C–C–N with tert-alkyl or cyclic N) is 1. The molecule has 21 heavy (non-hydrogen) atoms. The van der Waals surface area contributed by atoms with Gasteiger partial charge in [0, 0.05) is 25.8 Å². The third-order valence-electron chi connectivity index (χ3n) is 4.18. The summed E-state index contributed by atoms with van der Waals surface area (Å²) < 4.78 is 1.71. The van der Waals surface area contributed by atoms with Crippen LogP contribution >= 0.6 is 0 Å². The lowest BCUT2D eigenvalue weighted by atomic mass is 10.0. The van der Waals surface area contributed by atoms with Crippen molar-refractivity contribution in [1.82, 2.24) is 19.9 Å². The molecule has 1 aliphatic rings. The van der Waals surface area contributed by atoms with E-state index < -0.39 is 5.60 Å². The Bertz CT molecular complexity index is 566. The van der Waals surface area contributed by atoms with Gasteiger partial charge in [-0.15, -0.1) is 5.10 Å². The van der Waals surface area contributed by atoms with Gasteiger partial charge in [0.05, 0.1) is 18.3 Å². The zero-order valence-corrected chi connectivity index (χ0v) is 12.4. The van der Waals surface area contributed by atoms with Crippen molar-refractivity contribution in [1.29, 1.82) is 0 Å². The summed E-state index contributed by atoms with van der Waals surface area (Å²) in [4.78, 5) is 2.33. The molecule has 0 saturated carbocycles. The molecule has 1 atom stereocenters. The van der Waals surface area contributed by atoms with E-state index in [-0.39, 0.29) is 0 Å². The van der Waals surface area contributed by atoms with Gasteiger partial charge in [-0.2, -0.15) is 0 Å². The minimum Gasteiger partial charge on any atom is -0.387 e. The van der Waals surface area contributed by atoms with E-state index >= 15 is 0 Å². The second-order valence-electron chi connectivity index (χ2n) is 6.09. The number of aryl methyl sites for hydroxylation is 1. The second-order valence-corrected chi connectivity index (χ2v) is 6.09. The molecule has 1 fully saturated rings. The summed E-state index contributed by atoms with van der Waals surface area (Å²) in [5.74, 6) is 0. The highest BCUT2D eigenvalue weighted by molar-refractivity contribution is 5.21. The molecular formula is C16H22N4O. The minimum atomic E-state index is -0.680. The van der Waals surface area contributed by atoms with Gasteiger partial charge in [-0.1, -0.05) is 35.0 Å². The third kappa shape index (κ3) is 3.68. The molecule has 1 aliphatic heterocycles. The van der Waals surface area contributed by atoms with Crippen molar-refractivity contribution >= 4 is 0 Å². The van der Waals surface area contributed by atoms with E-state index in [9.17, 15) is 5.11 Å². The highest BCUT2D eigenvalue weighted by Gasteiger charge is 2.36. The average molecular weight is 286 g/mol. The molecule has 1 unspecified atom stereocenters. The Kier molecular flexibility index (Phi) is 4.03. The van der Waals surface area contributed by atoms with Crippen LogP contribution in [0, 0.1) is 6.92 Å². The smallest absolute Gasteiger partial charge is 0.0981 e. The average Bonchev–Trinajstić information content (AvgIpc) is 3.09. The highest BCUT2D eigenvalue weighted by Crippen LogP contribution is 2.23. The van der Waals surface area contributed by atoms with Crippen molar-refractivity contribution in [2.24, 2.45) is 0 Å². The molecule has 0 aliphatic carbocycles. The molecular weight excluding hydrogens is 264 g/mol. The maximum atomic E-state index is 10.6. The van der Waals surface area contributed by atoms with E-state index in [1.807, 2.05) is 0 Å². The molecule has 1 aromatic heterocycles. The van der Waals surface area contributed by atoms with Gasteiger partial charge in [0.2, 0.25) is 0 Å². The number of rotatable bonds is 5. The first kappa shape index (κ1) is 14.2. The van der Waals surface area contributed by atoms with Crippen molar-refractivity contribution in [2.75, 3.05) is 19.6 Å². The first-order valence-corrected chi connectivity index (χ1v) is 7.47. The fourth-order valence-corrected chi connectivity index (χ4v) is 2.92. The Morgan fingerprint density at radius 3 is 2.81 bits per heavy atom. The molecule has 2 heterocycles. The first-order valence-electron chi connectivity index (χ1n) is 7.47. The fourth-order valence-electron chi connectivity index (χ4n) is 2.92. The summed E-state index contributed by atoms with van der Waals surface area (Å²) in [5, 5.41) is 18.4. The van der Waals surface area contributed by atoms with Gasteiger partial charge in [-0.05, 0) is 25.3 Å². The Labute approximate surface area is 125 Å². The van der Waals surface area contributed by atoms with Crippen molar-refractivity contribution < 1.29 is 5.11 Å². The van der Waals surface area contributed by atoms with Gasteiger partial charge in [0.15, 0.2) is 0 Å². The topological polar surface area (TPSA) is 54.2 Å². The van der Waals surface area contributed by atoms with Crippen molar-refractivity contribution in [3.05, 3.63) is 47.8 Å². The van der Waals surface area contributed by atoms with Crippen LogP contribution in [0.5, 0.6) is 0 Å². The minimum absolute atomic E-state index is 0.522. The summed E-state index contributed by atoms with van der Waals surface area (Å²) in [7, 11) is 0. The van der Waals surface area contributed by atoms with Crippen molar-refractivity contribution in [3.8, 4) is 0 Å². The van der Waals surface area contributed by atoms with Gasteiger partial charge < -0.3 is 5.11 Å². The Morgan fingerprint density at radius 1 is 1.29 bits per heavy atom. The Hall–Kier alpha value is -1.72. The third-order valence-corrected chi connectivity index (χ3v) is 4.18. The van der Waals surface area contributed by atoms with E-state index in [1.165, 1.54) is 11.1 Å². The molecule has 1 aromatic carbocycles. The Morgan fingerprint density at radius 2 is 2.10 bits per heavy atom. The SMILES string of the molecule is Cc1ccc(CCN2CCC(O)(Cn3ccnn3)C2)cc1. The molecule has 5 heteroatoms. The monoisotopic (exact) mass is 286 g/mol. The van der Waals surface area contributed by atoms with Gasteiger partial charge in [-0.3, -0.25) is 4.90 Å². The summed E-state index contributed by atoms with van der Waals surface area (Å²) in [6.45, 7) is 5.26. The summed E-state index contributed by atoms with van der Waals surface area (Å²) >= 11 is 0. The first-order chi connectivity index (χ1) is 10.1. The maximum Gasteiger partial charge on any atom is 0.0981 e. The van der Waals surface area contributed by atoms with E-state index in [0.29, 0.717) is 13.1 Å². The molecule has 3 rings (SSSR count). The lowest BCUT2D eigenvalue weighted by molar-refractivity contribution is 0.0283. The van der Waals surface area contributed by atoms with Crippen LogP contribution in [0.3, 0.4) is 0 Å². The van der Waals surface area contributed by atoms with Crippen LogP contribution in [0.1, 0.15) is 17.5 Å². The zero-order chi connectivity index (χ0) is 14.7. The second kappa shape index (κ2) is 5.95. The number of likely N-dealkylation sites (tertiary alicyclic amines) is 1. The molecule has 1 N–H and O–H groups in total. The van der Waals surface area contributed by atoms with Gasteiger partial charge in [0.1, 0.15) is 0 Å². The van der Waals surface area contributed by atoms with Crippen LogP contribution < -0.4 is 0 Å². The van der Waals surface area contributed by atoms with Crippen LogP contribution in [0.25, 0.3) is 0 Å². The summed E-state index contributed by atoms with van der Waals surface area (Å²) in [5.41, 5.74) is 1.97. The van der Waals surface area contributed by atoms with E-state index in [0.717, 1.165) is 25.9 Å². The normalized spacial score (nSPS) is 22.8. The Balaban J connectivity index is 1.51. The van der Waals surface area contributed by atoms with E-state index in [2.05, 4.69) is 46.4 Å². The van der Waals surface area contributed by atoms with Crippen molar-refractivity contribution in [3.63, 3.8) is 0 Å². The van der Waals surface area contributed by atoms with E-state index in [4.69, 9.17) is 0 Å². The van der Waals surface area contributed by atoms with Gasteiger partial charge in [-0.25, -0.2) is 4.68 Å². The zero-order valence-electron chi connectivity index (χ0n) is 12.4. The van der Waals surface area contributed by atoms with Crippen LogP contribution in [0.2, 0.25) is 0 Å². The number of hydrogen-bond donors (Lipinski definition) is 1. The van der Waals surface area contributed by atoms with Gasteiger partial charge >= 0.3 is 0 Å². The molecule has 2 aromatic rings. The number of hydrogen-bond acceptors (Lipinski definition) is 4. The molecule has 112 valence electrons. The molecule has 5 nitrogen and oxygen atoms in total. The molecule has 0 bridgehead atoms. The largest absolute Gasteiger partial charge is 0.387 e. The van der Waals surface area contributed by atoms with E-state index in [1.54, 1.807) is 17.1 Å². The van der Waals surface area contributed by atoms with Crippen LogP contribution in [-0.2, 0) is 13.0 Å². The summed E-state index contributed by atoms with van der Waals surface area (Å²) in [6, 6.07) is 8.68. The number of nitrogens with zero attached hydrogens (tertiary/aromatic N) is 4.